The van der Waals surface area contributed by atoms with Crippen molar-refractivity contribution in [1.29, 1.82) is 0 Å². The summed E-state index contributed by atoms with van der Waals surface area (Å²) in [6.07, 6.45) is 0.994. The highest BCUT2D eigenvalue weighted by Crippen LogP contribution is 2.05. The Morgan fingerprint density at radius 2 is 2.11 bits per heavy atom. The molecule has 1 N–H and O–H groups in total. The molecule has 110 valence electrons. The SMILES string of the molecule is CCc1cc(CNCCOCCN(C)C)n(CC)n1. The zero-order valence-electron chi connectivity index (χ0n) is 12.8. The number of aromatic nitrogens is 2. The van der Waals surface area contributed by atoms with Crippen LogP contribution in [0.1, 0.15) is 25.2 Å². The largest absolute Gasteiger partial charge is 0.379 e. The predicted octanol–water partition coefficient (Wildman–Crippen LogP) is 1.13. The van der Waals surface area contributed by atoms with Gasteiger partial charge in [-0.3, -0.25) is 4.68 Å². The van der Waals surface area contributed by atoms with Gasteiger partial charge in [-0.1, -0.05) is 6.92 Å². The van der Waals surface area contributed by atoms with Gasteiger partial charge in [0.25, 0.3) is 0 Å². The number of rotatable bonds is 10. The molecule has 0 amide bonds. The van der Waals surface area contributed by atoms with Crippen molar-refractivity contribution in [2.45, 2.75) is 33.4 Å². The van der Waals surface area contributed by atoms with Crippen LogP contribution >= 0.6 is 0 Å². The van der Waals surface area contributed by atoms with Gasteiger partial charge in [0, 0.05) is 26.2 Å². The van der Waals surface area contributed by atoms with Crippen LogP contribution in [0.3, 0.4) is 0 Å². The van der Waals surface area contributed by atoms with Gasteiger partial charge >= 0.3 is 0 Å². The number of hydrogen-bond acceptors (Lipinski definition) is 4. The normalized spacial score (nSPS) is 11.4. The summed E-state index contributed by atoms with van der Waals surface area (Å²) in [5.74, 6) is 0. The molecule has 0 unspecified atom stereocenters. The topological polar surface area (TPSA) is 42.3 Å². The first-order valence-corrected chi connectivity index (χ1v) is 7.16. The molecule has 1 aromatic rings. The van der Waals surface area contributed by atoms with E-state index in [9.17, 15) is 0 Å². The van der Waals surface area contributed by atoms with E-state index in [4.69, 9.17) is 4.74 Å². The summed E-state index contributed by atoms with van der Waals surface area (Å²) >= 11 is 0. The summed E-state index contributed by atoms with van der Waals surface area (Å²) in [4.78, 5) is 2.12. The van der Waals surface area contributed by atoms with Crippen molar-refractivity contribution in [2.24, 2.45) is 0 Å². The molecule has 0 saturated carbocycles. The van der Waals surface area contributed by atoms with Crippen LogP contribution in [0.25, 0.3) is 0 Å². The Bertz CT molecular complexity index is 349. The molecule has 0 atom stereocenters. The van der Waals surface area contributed by atoms with E-state index in [-0.39, 0.29) is 0 Å². The summed E-state index contributed by atoms with van der Waals surface area (Å²) in [6.45, 7) is 9.45. The minimum atomic E-state index is 0.759. The highest BCUT2D eigenvalue weighted by Gasteiger charge is 2.04. The third kappa shape index (κ3) is 6.18. The van der Waals surface area contributed by atoms with Crippen molar-refractivity contribution < 1.29 is 4.74 Å². The van der Waals surface area contributed by atoms with Crippen LogP contribution in [0.5, 0.6) is 0 Å². The Hall–Kier alpha value is -0.910. The van der Waals surface area contributed by atoms with Crippen LogP contribution in [-0.2, 0) is 24.2 Å². The van der Waals surface area contributed by atoms with Gasteiger partial charge in [0.15, 0.2) is 0 Å². The van der Waals surface area contributed by atoms with Crippen LogP contribution in [-0.4, -0.2) is 55.1 Å². The second kappa shape index (κ2) is 9.07. The fraction of sp³-hybridized carbons (Fsp3) is 0.786. The second-order valence-corrected chi connectivity index (χ2v) is 4.89. The molecular formula is C14H28N4O. The summed E-state index contributed by atoms with van der Waals surface area (Å²) in [7, 11) is 4.11. The standard InChI is InChI=1S/C14H28N4O/c1-5-13-11-14(18(6-2)16-13)12-15-7-9-19-10-8-17(3)4/h11,15H,5-10,12H2,1-4H3. The molecule has 0 aliphatic heterocycles. The third-order valence-corrected chi connectivity index (χ3v) is 2.99. The number of nitrogens with zero attached hydrogens (tertiary/aromatic N) is 3. The monoisotopic (exact) mass is 268 g/mol. The molecule has 1 rings (SSSR count). The first-order valence-electron chi connectivity index (χ1n) is 7.16. The van der Waals surface area contributed by atoms with E-state index in [1.54, 1.807) is 0 Å². The summed E-state index contributed by atoms with van der Waals surface area (Å²) < 4.78 is 7.61. The van der Waals surface area contributed by atoms with Crippen molar-refractivity contribution in [2.75, 3.05) is 40.4 Å². The van der Waals surface area contributed by atoms with E-state index >= 15 is 0 Å². The molecule has 0 saturated heterocycles. The van der Waals surface area contributed by atoms with Gasteiger partial charge in [0.2, 0.25) is 0 Å². The Labute approximate surface area is 116 Å². The highest BCUT2D eigenvalue weighted by molar-refractivity contribution is 5.10. The van der Waals surface area contributed by atoms with Crippen molar-refractivity contribution in [3.05, 3.63) is 17.5 Å². The van der Waals surface area contributed by atoms with E-state index in [2.05, 4.69) is 54.0 Å². The average Bonchev–Trinajstić information content (AvgIpc) is 2.79. The molecular weight excluding hydrogens is 240 g/mol. The molecule has 0 radical (unpaired) electrons. The Kier molecular flexibility index (Phi) is 7.70. The zero-order chi connectivity index (χ0) is 14.1. The molecule has 1 aromatic heterocycles. The smallest absolute Gasteiger partial charge is 0.0625 e. The summed E-state index contributed by atoms with van der Waals surface area (Å²) in [5.41, 5.74) is 2.42. The second-order valence-electron chi connectivity index (χ2n) is 4.89. The van der Waals surface area contributed by atoms with Crippen molar-refractivity contribution >= 4 is 0 Å². The molecule has 19 heavy (non-hydrogen) atoms. The van der Waals surface area contributed by atoms with Crippen LogP contribution < -0.4 is 5.32 Å². The Morgan fingerprint density at radius 1 is 1.32 bits per heavy atom. The van der Waals surface area contributed by atoms with Gasteiger partial charge in [-0.05, 0) is 33.5 Å². The Morgan fingerprint density at radius 3 is 2.74 bits per heavy atom. The lowest BCUT2D eigenvalue weighted by Crippen LogP contribution is -2.23. The molecule has 0 aromatic carbocycles. The average molecular weight is 268 g/mol. The molecule has 5 nitrogen and oxygen atoms in total. The fourth-order valence-electron chi connectivity index (χ4n) is 1.81. The van der Waals surface area contributed by atoms with Gasteiger partial charge in [-0.2, -0.15) is 5.10 Å². The maximum absolute atomic E-state index is 5.54. The molecule has 1 heterocycles. The number of nitrogens with one attached hydrogen (secondary N) is 1. The predicted molar refractivity (Wildman–Crippen MR) is 78.4 cm³/mol. The van der Waals surface area contributed by atoms with Gasteiger partial charge in [0.1, 0.15) is 0 Å². The molecule has 0 spiro atoms. The van der Waals surface area contributed by atoms with E-state index in [1.165, 1.54) is 11.4 Å². The third-order valence-electron chi connectivity index (χ3n) is 2.99. The molecule has 5 heteroatoms. The number of ether oxygens (including phenoxy) is 1. The maximum Gasteiger partial charge on any atom is 0.0625 e. The number of likely N-dealkylation sites (N-methyl/N-ethyl adjacent to an activating group) is 1. The molecule has 0 aliphatic carbocycles. The fourth-order valence-corrected chi connectivity index (χ4v) is 1.81. The molecule has 0 aliphatic rings. The van der Waals surface area contributed by atoms with E-state index in [0.717, 1.165) is 45.8 Å². The van der Waals surface area contributed by atoms with Gasteiger partial charge in [0.05, 0.1) is 24.6 Å². The van der Waals surface area contributed by atoms with Gasteiger partial charge in [-0.15, -0.1) is 0 Å². The first-order chi connectivity index (χ1) is 9.17. The molecule has 0 fully saturated rings. The summed E-state index contributed by atoms with van der Waals surface area (Å²) in [6, 6.07) is 2.18. The quantitative estimate of drug-likeness (QED) is 0.646. The number of aryl methyl sites for hydroxylation is 2. The Balaban J connectivity index is 2.16. The molecule has 0 bridgehead atoms. The van der Waals surface area contributed by atoms with E-state index in [1.807, 2.05) is 0 Å². The zero-order valence-corrected chi connectivity index (χ0v) is 12.8. The van der Waals surface area contributed by atoms with Crippen molar-refractivity contribution in [3.63, 3.8) is 0 Å². The lowest BCUT2D eigenvalue weighted by Gasteiger charge is -2.10. The lowest BCUT2D eigenvalue weighted by atomic mass is 10.3. The number of hydrogen-bond donors (Lipinski definition) is 1. The van der Waals surface area contributed by atoms with Crippen LogP contribution in [0.4, 0.5) is 0 Å². The van der Waals surface area contributed by atoms with Gasteiger partial charge < -0.3 is 15.0 Å². The maximum atomic E-state index is 5.54. The van der Waals surface area contributed by atoms with Crippen LogP contribution in [0, 0.1) is 0 Å². The lowest BCUT2D eigenvalue weighted by molar-refractivity contribution is 0.119. The first kappa shape index (κ1) is 16.1. The van der Waals surface area contributed by atoms with Crippen LogP contribution in [0.15, 0.2) is 6.07 Å². The summed E-state index contributed by atoms with van der Waals surface area (Å²) in [5, 5.41) is 7.94. The minimum Gasteiger partial charge on any atom is -0.379 e. The van der Waals surface area contributed by atoms with Gasteiger partial charge in [-0.25, -0.2) is 0 Å². The highest BCUT2D eigenvalue weighted by atomic mass is 16.5. The van der Waals surface area contributed by atoms with Crippen molar-refractivity contribution in [3.8, 4) is 0 Å². The van der Waals surface area contributed by atoms with Crippen molar-refractivity contribution in [1.82, 2.24) is 20.0 Å². The van der Waals surface area contributed by atoms with E-state index < -0.39 is 0 Å². The van der Waals surface area contributed by atoms with Crippen LogP contribution in [0.2, 0.25) is 0 Å². The minimum absolute atomic E-state index is 0.759. The van der Waals surface area contributed by atoms with E-state index in [0.29, 0.717) is 0 Å².